The van der Waals surface area contributed by atoms with Gasteiger partial charge in [0.25, 0.3) is 5.91 Å². The molecule has 1 amide bonds. The second-order valence-electron chi connectivity index (χ2n) is 6.79. The summed E-state index contributed by atoms with van der Waals surface area (Å²) in [5.74, 6) is 0.336. The molecule has 0 radical (unpaired) electrons. The number of fused-ring (bicyclic) bond motifs is 4. The summed E-state index contributed by atoms with van der Waals surface area (Å²) in [6, 6.07) is 3.48. The summed E-state index contributed by atoms with van der Waals surface area (Å²) < 4.78 is 23.3. The van der Waals surface area contributed by atoms with Gasteiger partial charge in [-0.2, -0.15) is 0 Å². The van der Waals surface area contributed by atoms with Crippen molar-refractivity contribution in [2.24, 2.45) is 0 Å². The van der Waals surface area contributed by atoms with E-state index >= 15 is 0 Å². The number of anilines is 1. The lowest BCUT2D eigenvalue weighted by atomic mass is 9.88. The van der Waals surface area contributed by atoms with Crippen molar-refractivity contribution in [3.8, 4) is 11.5 Å². The van der Waals surface area contributed by atoms with Gasteiger partial charge in [-0.15, -0.1) is 6.58 Å². The highest BCUT2D eigenvalue weighted by molar-refractivity contribution is 6.03. The number of amides is 1. The third kappa shape index (κ3) is 2.44. The Morgan fingerprint density at radius 1 is 1.28 bits per heavy atom. The van der Waals surface area contributed by atoms with Gasteiger partial charge in [0.2, 0.25) is 6.79 Å². The van der Waals surface area contributed by atoms with Crippen molar-refractivity contribution in [3.05, 3.63) is 43.0 Å². The van der Waals surface area contributed by atoms with Crippen LogP contribution < -0.4 is 14.4 Å². The second-order valence-corrected chi connectivity index (χ2v) is 6.79. The van der Waals surface area contributed by atoms with E-state index in [2.05, 4.69) is 13.2 Å². The van der Waals surface area contributed by atoms with Crippen LogP contribution in [0.2, 0.25) is 0 Å². The highest BCUT2D eigenvalue weighted by Crippen LogP contribution is 2.52. The van der Waals surface area contributed by atoms with Crippen LogP contribution in [0.3, 0.4) is 0 Å². The Hall–Kier alpha value is -2.31. The van der Waals surface area contributed by atoms with Gasteiger partial charge in [0.15, 0.2) is 17.3 Å². The molecule has 1 aromatic rings. The van der Waals surface area contributed by atoms with Gasteiger partial charge in [-0.05, 0) is 32.4 Å². The van der Waals surface area contributed by atoms with E-state index in [1.807, 2.05) is 26.0 Å². The number of rotatable bonds is 3. The van der Waals surface area contributed by atoms with Gasteiger partial charge in [-0.25, -0.2) is 0 Å². The maximum Gasteiger partial charge on any atom is 0.250 e. The first kappa shape index (κ1) is 16.2. The smallest absolute Gasteiger partial charge is 0.250 e. The van der Waals surface area contributed by atoms with Crippen LogP contribution in [-0.2, 0) is 14.3 Å². The molecule has 25 heavy (non-hydrogen) atoms. The Morgan fingerprint density at radius 3 is 2.68 bits per heavy atom. The second kappa shape index (κ2) is 5.61. The van der Waals surface area contributed by atoms with Crippen LogP contribution in [-0.4, -0.2) is 30.6 Å². The lowest BCUT2D eigenvalue weighted by Crippen LogP contribution is -2.52. The largest absolute Gasteiger partial charge is 0.454 e. The molecule has 0 aromatic heterocycles. The van der Waals surface area contributed by atoms with Crippen molar-refractivity contribution >= 4 is 11.6 Å². The first-order chi connectivity index (χ1) is 11.9. The summed E-state index contributed by atoms with van der Waals surface area (Å²) in [5, 5.41) is 0. The topological polar surface area (TPSA) is 57.2 Å². The van der Waals surface area contributed by atoms with E-state index < -0.39 is 5.79 Å². The van der Waals surface area contributed by atoms with Crippen LogP contribution in [0.5, 0.6) is 11.5 Å². The summed E-state index contributed by atoms with van der Waals surface area (Å²) in [6.07, 6.45) is 3.08. The molecule has 6 heteroatoms. The van der Waals surface area contributed by atoms with Crippen LogP contribution in [0, 0.1) is 0 Å². The minimum absolute atomic E-state index is 0.167. The average Bonchev–Trinajstić information content (AvgIpc) is 3.15. The minimum atomic E-state index is -0.740. The Kier molecular flexibility index (Phi) is 3.63. The fourth-order valence-electron chi connectivity index (χ4n) is 3.81. The average molecular weight is 343 g/mol. The first-order valence-electron chi connectivity index (χ1n) is 8.31. The van der Waals surface area contributed by atoms with Gasteiger partial charge in [0.1, 0.15) is 12.2 Å². The van der Waals surface area contributed by atoms with E-state index in [1.165, 1.54) is 6.08 Å². The predicted molar refractivity (Wildman–Crippen MR) is 91.6 cm³/mol. The molecule has 1 fully saturated rings. The summed E-state index contributed by atoms with van der Waals surface area (Å²) in [4.78, 5) is 14.4. The Morgan fingerprint density at radius 2 is 2.00 bits per heavy atom. The zero-order valence-corrected chi connectivity index (χ0v) is 14.4. The van der Waals surface area contributed by atoms with E-state index in [0.717, 1.165) is 11.3 Å². The fourth-order valence-corrected chi connectivity index (χ4v) is 3.81. The van der Waals surface area contributed by atoms with Crippen LogP contribution in [0.25, 0.3) is 0 Å². The van der Waals surface area contributed by atoms with Crippen LogP contribution in [0.4, 0.5) is 5.69 Å². The zero-order valence-electron chi connectivity index (χ0n) is 14.4. The lowest BCUT2D eigenvalue weighted by Gasteiger charge is -2.41. The van der Waals surface area contributed by atoms with Crippen molar-refractivity contribution in [1.82, 2.24) is 0 Å². The molecule has 0 saturated carbocycles. The van der Waals surface area contributed by atoms with E-state index in [9.17, 15) is 4.79 Å². The van der Waals surface area contributed by atoms with Crippen molar-refractivity contribution in [1.29, 1.82) is 0 Å². The monoisotopic (exact) mass is 343 g/mol. The van der Waals surface area contributed by atoms with Crippen molar-refractivity contribution in [3.63, 3.8) is 0 Å². The summed E-state index contributed by atoms with van der Waals surface area (Å²) in [5.41, 5.74) is 1.60. The Labute approximate surface area is 146 Å². The summed E-state index contributed by atoms with van der Waals surface area (Å²) in [6.45, 7) is 11.4. The third-order valence-corrected chi connectivity index (χ3v) is 4.75. The summed E-state index contributed by atoms with van der Waals surface area (Å²) >= 11 is 0. The van der Waals surface area contributed by atoms with Crippen LogP contribution in [0.15, 0.2) is 37.4 Å². The molecule has 0 bridgehead atoms. The molecule has 0 unspecified atom stereocenters. The lowest BCUT2D eigenvalue weighted by molar-refractivity contribution is -0.148. The molecular weight excluding hydrogens is 322 g/mol. The number of hydrogen-bond acceptors (Lipinski definition) is 5. The van der Waals surface area contributed by atoms with E-state index in [0.29, 0.717) is 17.9 Å². The number of carbonyl (C=O) groups is 1. The predicted octanol–water partition coefficient (Wildman–Crippen LogP) is 3.09. The van der Waals surface area contributed by atoms with Crippen molar-refractivity contribution < 1.29 is 23.7 Å². The Bertz CT molecular complexity index is 756. The van der Waals surface area contributed by atoms with Gasteiger partial charge in [-0.3, -0.25) is 4.79 Å². The van der Waals surface area contributed by atoms with E-state index in [4.69, 9.17) is 18.9 Å². The van der Waals surface area contributed by atoms with Gasteiger partial charge in [0.05, 0.1) is 11.7 Å². The van der Waals surface area contributed by atoms with Gasteiger partial charge < -0.3 is 23.8 Å². The Balaban J connectivity index is 1.90. The first-order valence-corrected chi connectivity index (χ1v) is 8.31. The fraction of sp³-hybridized carbons (Fsp3) is 0.421. The maximum atomic E-state index is 12.7. The number of carbonyl (C=O) groups excluding carboxylic acids is 1. The molecule has 132 valence electrons. The quantitative estimate of drug-likeness (QED) is 0.623. The van der Waals surface area contributed by atoms with Crippen molar-refractivity contribution in [2.45, 2.75) is 44.3 Å². The minimum Gasteiger partial charge on any atom is -0.454 e. The van der Waals surface area contributed by atoms with Gasteiger partial charge in [-0.1, -0.05) is 12.7 Å². The highest BCUT2D eigenvalue weighted by atomic mass is 16.8. The molecule has 0 N–H and O–H groups in total. The standard InChI is InChI=1S/C19H21NO5/c1-5-7-12-18-17(24-19(3,4)25-18)11-8-14-15(23-10-22-14)9-13(11)20(12)16(21)6-2/h5-6,8-9,12,17-18H,1-2,7,10H2,3-4H3/t12-,17-,18-/m0/s1. The number of nitrogens with zero attached hydrogens (tertiary/aromatic N) is 1. The van der Waals surface area contributed by atoms with E-state index in [-0.39, 0.29) is 30.9 Å². The molecule has 0 aliphatic carbocycles. The maximum absolute atomic E-state index is 12.7. The molecule has 3 atom stereocenters. The van der Waals surface area contributed by atoms with Crippen LogP contribution in [0.1, 0.15) is 31.9 Å². The number of hydrogen-bond donors (Lipinski definition) is 0. The van der Waals surface area contributed by atoms with Crippen molar-refractivity contribution in [2.75, 3.05) is 11.7 Å². The van der Waals surface area contributed by atoms with Crippen LogP contribution >= 0.6 is 0 Å². The summed E-state index contributed by atoms with van der Waals surface area (Å²) in [7, 11) is 0. The SMILES string of the molecule is C=CC[C@H]1[C@@H]2OC(C)(C)O[C@H]2c2cc3c(cc2N1C(=O)C=C)OCO3. The molecule has 3 aliphatic rings. The molecule has 1 aromatic carbocycles. The zero-order chi connectivity index (χ0) is 17.8. The molecule has 4 rings (SSSR count). The molecule has 6 nitrogen and oxygen atoms in total. The van der Waals surface area contributed by atoms with Gasteiger partial charge >= 0.3 is 0 Å². The number of benzene rings is 1. The molecular formula is C19H21NO5. The highest BCUT2D eigenvalue weighted by Gasteiger charge is 2.52. The van der Waals surface area contributed by atoms with E-state index in [1.54, 1.807) is 11.0 Å². The third-order valence-electron chi connectivity index (χ3n) is 4.75. The number of ether oxygens (including phenoxy) is 4. The molecule has 3 aliphatic heterocycles. The van der Waals surface area contributed by atoms with Gasteiger partial charge in [0, 0.05) is 11.6 Å². The molecule has 1 saturated heterocycles. The molecule has 0 spiro atoms. The molecule has 3 heterocycles. The normalized spacial score (nSPS) is 28.2.